The highest BCUT2D eigenvalue weighted by molar-refractivity contribution is 6.29. The average molecular weight is 251 g/mol. The molecule has 1 aromatic rings. The van der Waals surface area contributed by atoms with Crippen molar-refractivity contribution in [2.24, 2.45) is 5.92 Å². The SMILES string of the molecule is Clc1cc(CN2C[C@H]3CCCCC[C@@H]32)ccn1. The van der Waals surface area contributed by atoms with E-state index in [0.717, 1.165) is 18.5 Å². The van der Waals surface area contributed by atoms with Gasteiger partial charge in [-0.3, -0.25) is 4.90 Å². The van der Waals surface area contributed by atoms with Gasteiger partial charge in [0.25, 0.3) is 0 Å². The number of aromatic nitrogens is 1. The van der Waals surface area contributed by atoms with E-state index in [9.17, 15) is 0 Å². The molecule has 0 unspecified atom stereocenters. The second kappa shape index (κ2) is 4.95. The molecular formula is C14H19ClN2. The first-order chi connectivity index (χ1) is 8.33. The molecule has 2 atom stereocenters. The molecule has 1 aliphatic carbocycles. The summed E-state index contributed by atoms with van der Waals surface area (Å²) in [6.45, 7) is 2.33. The minimum atomic E-state index is 0.612. The zero-order valence-corrected chi connectivity index (χ0v) is 10.9. The van der Waals surface area contributed by atoms with Gasteiger partial charge in [0.1, 0.15) is 5.15 Å². The Labute approximate surface area is 108 Å². The Bertz CT molecular complexity index is 394. The molecule has 1 aliphatic heterocycles. The van der Waals surface area contributed by atoms with Crippen LogP contribution in [0.2, 0.25) is 5.15 Å². The van der Waals surface area contributed by atoms with Gasteiger partial charge in [0.2, 0.25) is 0 Å². The molecule has 1 saturated carbocycles. The molecule has 2 aliphatic rings. The largest absolute Gasteiger partial charge is 0.295 e. The van der Waals surface area contributed by atoms with Crippen molar-refractivity contribution >= 4 is 11.6 Å². The van der Waals surface area contributed by atoms with E-state index < -0.39 is 0 Å². The standard InChI is InChI=1S/C14H19ClN2/c15-14-8-11(6-7-16-14)9-17-10-12-4-2-1-3-5-13(12)17/h6-8,12-13H,1-5,9-10H2/t12-,13+/m1/s1. The Morgan fingerprint density at radius 2 is 2.18 bits per heavy atom. The van der Waals surface area contributed by atoms with E-state index in [-0.39, 0.29) is 0 Å². The summed E-state index contributed by atoms with van der Waals surface area (Å²) in [6.07, 6.45) is 8.93. The molecule has 0 aromatic carbocycles. The molecule has 92 valence electrons. The van der Waals surface area contributed by atoms with Crippen LogP contribution in [0.4, 0.5) is 0 Å². The van der Waals surface area contributed by atoms with Crippen LogP contribution >= 0.6 is 11.6 Å². The molecule has 0 amide bonds. The lowest BCUT2D eigenvalue weighted by molar-refractivity contribution is 0.00300. The van der Waals surface area contributed by atoms with Crippen LogP contribution in [0.3, 0.4) is 0 Å². The van der Waals surface area contributed by atoms with Crippen molar-refractivity contribution in [1.29, 1.82) is 0 Å². The smallest absolute Gasteiger partial charge is 0.129 e. The summed E-state index contributed by atoms with van der Waals surface area (Å²) in [5, 5.41) is 0.612. The van der Waals surface area contributed by atoms with Gasteiger partial charge in [0.05, 0.1) is 0 Å². The maximum Gasteiger partial charge on any atom is 0.129 e. The molecule has 17 heavy (non-hydrogen) atoms. The van der Waals surface area contributed by atoms with Gasteiger partial charge < -0.3 is 0 Å². The molecule has 2 fully saturated rings. The van der Waals surface area contributed by atoms with Crippen LogP contribution < -0.4 is 0 Å². The molecule has 0 N–H and O–H groups in total. The lowest BCUT2D eigenvalue weighted by atomic mass is 9.84. The molecule has 0 bridgehead atoms. The number of fused-ring (bicyclic) bond motifs is 1. The van der Waals surface area contributed by atoms with Crippen molar-refractivity contribution in [3.63, 3.8) is 0 Å². The Kier molecular flexibility index (Phi) is 3.34. The lowest BCUT2D eigenvalue weighted by Gasteiger charge is -2.48. The van der Waals surface area contributed by atoms with E-state index >= 15 is 0 Å². The Morgan fingerprint density at radius 3 is 3.06 bits per heavy atom. The van der Waals surface area contributed by atoms with Crippen molar-refractivity contribution in [2.75, 3.05) is 6.54 Å². The Hall–Kier alpha value is -0.600. The molecule has 0 radical (unpaired) electrons. The summed E-state index contributed by atoms with van der Waals surface area (Å²) in [4.78, 5) is 6.65. The first-order valence-corrected chi connectivity index (χ1v) is 7.05. The zero-order chi connectivity index (χ0) is 11.7. The summed E-state index contributed by atoms with van der Waals surface area (Å²) in [5.74, 6) is 0.967. The van der Waals surface area contributed by atoms with Gasteiger partial charge in [0, 0.05) is 25.3 Å². The van der Waals surface area contributed by atoms with E-state index in [0.29, 0.717) is 5.15 Å². The number of rotatable bonds is 2. The third-order valence-corrected chi connectivity index (χ3v) is 4.44. The molecule has 2 heterocycles. The highest BCUT2D eigenvalue weighted by Crippen LogP contribution is 2.36. The van der Waals surface area contributed by atoms with Gasteiger partial charge in [-0.2, -0.15) is 0 Å². The molecule has 1 saturated heterocycles. The van der Waals surface area contributed by atoms with Crippen LogP contribution in [-0.2, 0) is 6.54 Å². The predicted molar refractivity (Wildman–Crippen MR) is 70.0 cm³/mol. The first-order valence-electron chi connectivity index (χ1n) is 6.67. The van der Waals surface area contributed by atoms with Gasteiger partial charge in [-0.25, -0.2) is 4.98 Å². The molecule has 1 aromatic heterocycles. The lowest BCUT2D eigenvalue weighted by Crippen LogP contribution is -2.54. The van der Waals surface area contributed by atoms with Crippen LogP contribution in [0.15, 0.2) is 18.3 Å². The highest BCUT2D eigenvalue weighted by atomic mass is 35.5. The van der Waals surface area contributed by atoms with Crippen molar-refractivity contribution in [2.45, 2.75) is 44.7 Å². The minimum Gasteiger partial charge on any atom is -0.295 e. The maximum absolute atomic E-state index is 5.92. The monoisotopic (exact) mass is 250 g/mol. The van der Waals surface area contributed by atoms with E-state index in [4.69, 9.17) is 11.6 Å². The van der Waals surface area contributed by atoms with Crippen molar-refractivity contribution < 1.29 is 0 Å². The van der Waals surface area contributed by atoms with E-state index in [1.807, 2.05) is 12.3 Å². The number of hydrogen-bond acceptors (Lipinski definition) is 2. The van der Waals surface area contributed by atoms with Gasteiger partial charge in [-0.05, 0) is 36.5 Å². The minimum absolute atomic E-state index is 0.612. The molecule has 3 heteroatoms. The van der Waals surface area contributed by atoms with E-state index in [1.54, 1.807) is 0 Å². The first kappa shape index (κ1) is 11.5. The number of nitrogens with zero attached hydrogens (tertiary/aromatic N) is 2. The molecular weight excluding hydrogens is 232 g/mol. The normalized spacial score (nSPS) is 29.2. The van der Waals surface area contributed by atoms with Gasteiger partial charge in [0.15, 0.2) is 0 Å². The van der Waals surface area contributed by atoms with Crippen LogP contribution in [0.25, 0.3) is 0 Å². The Morgan fingerprint density at radius 1 is 1.29 bits per heavy atom. The fourth-order valence-electron chi connectivity index (χ4n) is 3.31. The van der Waals surface area contributed by atoms with Crippen LogP contribution in [0.5, 0.6) is 0 Å². The maximum atomic E-state index is 5.92. The highest BCUT2D eigenvalue weighted by Gasteiger charge is 2.38. The van der Waals surface area contributed by atoms with Gasteiger partial charge in [-0.15, -0.1) is 0 Å². The summed E-state index contributed by atoms with van der Waals surface area (Å²) in [6, 6.07) is 4.91. The summed E-state index contributed by atoms with van der Waals surface area (Å²) >= 11 is 5.92. The number of halogens is 1. The number of hydrogen-bond donors (Lipinski definition) is 0. The fourth-order valence-corrected chi connectivity index (χ4v) is 3.51. The summed E-state index contributed by atoms with van der Waals surface area (Å²) in [5.41, 5.74) is 1.30. The zero-order valence-electron chi connectivity index (χ0n) is 10.1. The van der Waals surface area contributed by atoms with Gasteiger partial charge in [-0.1, -0.05) is 30.9 Å². The quantitative estimate of drug-likeness (QED) is 0.747. The van der Waals surface area contributed by atoms with Crippen molar-refractivity contribution in [3.05, 3.63) is 29.0 Å². The average Bonchev–Trinajstić information content (AvgIpc) is 2.48. The van der Waals surface area contributed by atoms with Crippen LogP contribution in [-0.4, -0.2) is 22.5 Å². The molecule has 0 spiro atoms. The third kappa shape index (κ3) is 2.48. The third-order valence-electron chi connectivity index (χ3n) is 4.23. The number of likely N-dealkylation sites (tertiary alicyclic amines) is 1. The van der Waals surface area contributed by atoms with Crippen LogP contribution in [0.1, 0.15) is 37.7 Å². The fraction of sp³-hybridized carbons (Fsp3) is 0.643. The second-order valence-corrected chi connectivity index (χ2v) is 5.77. The summed E-state index contributed by atoms with van der Waals surface area (Å²) in [7, 11) is 0. The second-order valence-electron chi connectivity index (χ2n) is 5.38. The predicted octanol–water partition coefficient (Wildman–Crippen LogP) is 3.50. The van der Waals surface area contributed by atoms with E-state index in [2.05, 4.69) is 16.0 Å². The van der Waals surface area contributed by atoms with Crippen LogP contribution in [0, 0.1) is 5.92 Å². The van der Waals surface area contributed by atoms with E-state index in [1.165, 1.54) is 44.2 Å². The van der Waals surface area contributed by atoms with Gasteiger partial charge >= 0.3 is 0 Å². The number of pyridine rings is 1. The topological polar surface area (TPSA) is 16.1 Å². The Balaban J connectivity index is 1.63. The van der Waals surface area contributed by atoms with Crippen molar-refractivity contribution in [3.8, 4) is 0 Å². The summed E-state index contributed by atoms with van der Waals surface area (Å²) < 4.78 is 0. The van der Waals surface area contributed by atoms with Crippen molar-refractivity contribution in [1.82, 2.24) is 9.88 Å². The molecule has 2 nitrogen and oxygen atoms in total. The molecule has 3 rings (SSSR count).